The van der Waals surface area contributed by atoms with Crippen LogP contribution in [0.5, 0.6) is 0 Å². The minimum atomic E-state index is -2.77. The first kappa shape index (κ1) is 16.3. The van der Waals surface area contributed by atoms with Crippen LogP contribution in [0.1, 0.15) is 58.8 Å². The van der Waals surface area contributed by atoms with E-state index in [9.17, 15) is 8.42 Å². The Bertz CT molecular complexity index is 393. The van der Waals surface area contributed by atoms with Crippen LogP contribution >= 0.6 is 0 Å². The van der Waals surface area contributed by atoms with Crippen molar-refractivity contribution in [2.24, 2.45) is 17.8 Å². The molecule has 0 aromatic heterocycles. The van der Waals surface area contributed by atoms with Gasteiger partial charge in [-0.05, 0) is 43.6 Å². The van der Waals surface area contributed by atoms with Crippen molar-refractivity contribution in [3.8, 4) is 0 Å². The largest absolute Gasteiger partial charge is 0.313 e. The topological polar surface area (TPSA) is 46.2 Å². The van der Waals surface area contributed by atoms with Gasteiger partial charge in [-0.15, -0.1) is 0 Å². The summed E-state index contributed by atoms with van der Waals surface area (Å²) in [6, 6.07) is 0.428. The summed E-state index contributed by atoms with van der Waals surface area (Å²) in [5.74, 6) is 2.66. The zero-order valence-corrected chi connectivity index (χ0v) is 13.9. The van der Waals surface area contributed by atoms with Crippen molar-refractivity contribution in [3.63, 3.8) is 0 Å². The van der Waals surface area contributed by atoms with Crippen LogP contribution in [0.2, 0.25) is 0 Å². The van der Waals surface area contributed by atoms with Gasteiger partial charge in [-0.2, -0.15) is 0 Å². The van der Waals surface area contributed by atoms with Crippen LogP contribution < -0.4 is 5.32 Å². The Morgan fingerprint density at radius 3 is 2.50 bits per heavy atom. The molecule has 4 unspecified atom stereocenters. The SMILES string of the molecule is CCCNC(C1CCS(=O)(=O)C1)C1CCCCC1CC. The van der Waals surface area contributed by atoms with E-state index >= 15 is 0 Å². The lowest BCUT2D eigenvalue weighted by Crippen LogP contribution is -2.46. The molecule has 1 saturated heterocycles. The molecular weight excluding hydrogens is 270 g/mol. The molecule has 0 amide bonds. The van der Waals surface area contributed by atoms with E-state index in [1.165, 1.54) is 32.1 Å². The summed E-state index contributed by atoms with van der Waals surface area (Å²) in [5.41, 5.74) is 0. The highest BCUT2D eigenvalue weighted by Gasteiger charge is 2.40. The van der Waals surface area contributed by atoms with Crippen molar-refractivity contribution in [1.29, 1.82) is 0 Å². The number of hydrogen-bond donors (Lipinski definition) is 1. The summed E-state index contributed by atoms with van der Waals surface area (Å²) < 4.78 is 23.7. The second-order valence-electron chi connectivity index (χ2n) is 6.76. The van der Waals surface area contributed by atoms with Gasteiger partial charge in [-0.1, -0.05) is 39.5 Å². The van der Waals surface area contributed by atoms with Crippen LogP contribution in [0.15, 0.2) is 0 Å². The monoisotopic (exact) mass is 301 g/mol. The van der Waals surface area contributed by atoms with Crippen molar-refractivity contribution >= 4 is 9.84 Å². The molecule has 4 heteroatoms. The van der Waals surface area contributed by atoms with E-state index < -0.39 is 9.84 Å². The molecule has 1 N–H and O–H groups in total. The molecule has 2 fully saturated rings. The van der Waals surface area contributed by atoms with Crippen LogP contribution in [0, 0.1) is 17.8 Å². The van der Waals surface area contributed by atoms with E-state index in [-0.39, 0.29) is 0 Å². The highest BCUT2D eigenvalue weighted by Crippen LogP contribution is 2.38. The summed E-state index contributed by atoms with van der Waals surface area (Å²) in [6.07, 6.45) is 8.55. The Morgan fingerprint density at radius 2 is 1.90 bits per heavy atom. The maximum Gasteiger partial charge on any atom is 0.150 e. The van der Waals surface area contributed by atoms with Gasteiger partial charge < -0.3 is 5.32 Å². The highest BCUT2D eigenvalue weighted by atomic mass is 32.2. The Hall–Kier alpha value is -0.0900. The van der Waals surface area contributed by atoms with E-state index in [1.807, 2.05) is 0 Å². The summed E-state index contributed by atoms with van der Waals surface area (Å²) in [7, 11) is -2.77. The molecule has 4 atom stereocenters. The third-order valence-electron chi connectivity index (χ3n) is 5.36. The number of rotatable bonds is 6. The lowest BCUT2D eigenvalue weighted by atomic mass is 9.70. The third-order valence-corrected chi connectivity index (χ3v) is 7.15. The summed E-state index contributed by atoms with van der Waals surface area (Å²) in [6.45, 7) is 5.51. The molecule has 0 aromatic carbocycles. The van der Waals surface area contributed by atoms with Crippen LogP contribution in [0.3, 0.4) is 0 Å². The molecule has 0 radical (unpaired) electrons. The van der Waals surface area contributed by atoms with Crippen LogP contribution in [-0.2, 0) is 9.84 Å². The van der Waals surface area contributed by atoms with Crippen molar-refractivity contribution < 1.29 is 8.42 Å². The molecule has 2 rings (SSSR count). The Morgan fingerprint density at radius 1 is 1.15 bits per heavy atom. The van der Waals surface area contributed by atoms with E-state index in [1.54, 1.807) is 0 Å². The number of nitrogens with one attached hydrogen (secondary N) is 1. The fraction of sp³-hybridized carbons (Fsp3) is 1.00. The number of sulfone groups is 1. The summed E-state index contributed by atoms with van der Waals surface area (Å²) >= 11 is 0. The summed E-state index contributed by atoms with van der Waals surface area (Å²) in [4.78, 5) is 0. The molecule has 1 saturated carbocycles. The summed E-state index contributed by atoms with van der Waals surface area (Å²) in [5, 5.41) is 3.72. The average molecular weight is 301 g/mol. The third kappa shape index (κ3) is 3.97. The minimum Gasteiger partial charge on any atom is -0.313 e. The molecule has 0 spiro atoms. The fourth-order valence-corrected chi connectivity index (χ4v) is 6.16. The second kappa shape index (κ2) is 7.26. The second-order valence-corrected chi connectivity index (χ2v) is 8.99. The smallest absolute Gasteiger partial charge is 0.150 e. The first-order valence-electron chi connectivity index (χ1n) is 8.51. The molecule has 118 valence electrons. The van der Waals surface area contributed by atoms with Gasteiger partial charge in [-0.25, -0.2) is 8.42 Å². The quantitative estimate of drug-likeness (QED) is 0.820. The maximum atomic E-state index is 11.8. The Kier molecular flexibility index (Phi) is 5.91. The lowest BCUT2D eigenvalue weighted by molar-refractivity contribution is 0.144. The Labute approximate surface area is 124 Å². The molecule has 0 bridgehead atoms. The van der Waals surface area contributed by atoms with E-state index in [0.717, 1.165) is 25.3 Å². The van der Waals surface area contributed by atoms with E-state index in [2.05, 4.69) is 19.2 Å². The minimum absolute atomic E-state index is 0.351. The van der Waals surface area contributed by atoms with Gasteiger partial charge in [0.15, 0.2) is 9.84 Å². The van der Waals surface area contributed by atoms with Crippen molar-refractivity contribution in [2.75, 3.05) is 18.1 Å². The first-order valence-corrected chi connectivity index (χ1v) is 10.3. The molecule has 1 heterocycles. The molecule has 0 aromatic rings. The standard InChI is InChI=1S/C16H31NO2S/c1-3-10-17-16(14-9-11-20(18,19)12-14)15-8-6-5-7-13(15)4-2/h13-17H,3-12H2,1-2H3. The molecule has 2 aliphatic rings. The van der Waals surface area contributed by atoms with Gasteiger partial charge in [-0.3, -0.25) is 0 Å². The van der Waals surface area contributed by atoms with Gasteiger partial charge in [0.05, 0.1) is 11.5 Å². The number of hydrogen-bond acceptors (Lipinski definition) is 3. The molecule has 3 nitrogen and oxygen atoms in total. The van der Waals surface area contributed by atoms with Gasteiger partial charge in [0, 0.05) is 6.04 Å². The van der Waals surface area contributed by atoms with Crippen molar-refractivity contribution in [2.45, 2.75) is 64.8 Å². The normalized spacial score (nSPS) is 35.0. The zero-order chi connectivity index (χ0) is 14.6. The lowest BCUT2D eigenvalue weighted by Gasteiger charge is -2.40. The predicted molar refractivity (Wildman–Crippen MR) is 84.6 cm³/mol. The van der Waals surface area contributed by atoms with Gasteiger partial charge in [0.2, 0.25) is 0 Å². The highest BCUT2D eigenvalue weighted by molar-refractivity contribution is 7.91. The van der Waals surface area contributed by atoms with Crippen LogP contribution in [0.4, 0.5) is 0 Å². The van der Waals surface area contributed by atoms with Crippen LogP contribution in [0.25, 0.3) is 0 Å². The first-order chi connectivity index (χ1) is 9.57. The van der Waals surface area contributed by atoms with Gasteiger partial charge in [0.1, 0.15) is 0 Å². The van der Waals surface area contributed by atoms with Crippen molar-refractivity contribution in [3.05, 3.63) is 0 Å². The molecular formula is C16H31NO2S. The van der Waals surface area contributed by atoms with Crippen molar-refractivity contribution in [1.82, 2.24) is 5.32 Å². The Balaban J connectivity index is 2.09. The van der Waals surface area contributed by atoms with E-state index in [4.69, 9.17) is 0 Å². The van der Waals surface area contributed by atoms with Gasteiger partial charge in [0.25, 0.3) is 0 Å². The van der Waals surface area contributed by atoms with E-state index in [0.29, 0.717) is 29.4 Å². The fourth-order valence-electron chi connectivity index (χ4n) is 4.30. The van der Waals surface area contributed by atoms with Crippen LogP contribution in [-0.4, -0.2) is 32.5 Å². The molecule has 1 aliphatic carbocycles. The maximum absolute atomic E-state index is 11.8. The molecule has 1 aliphatic heterocycles. The van der Waals surface area contributed by atoms with Gasteiger partial charge >= 0.3 is 0 Å². The molecule has 20 heavy (non-hydrogen) atoms. The average Bonchev–Trinajstić information content (AvgIpc) is 2.80. The predicted octanol–water partition coefficient (Wildman–Crippen LogP) is 3.01. The zero-order valence-electron chi connectivity index (χ0n) is 13.1.